The standard InChI is InChI=1S/C19H26N4.HI/c1-20-18(23-11-10-19(14-23)8-4-5-9-19)21-13-16-12-15-6-2-3-7-17(15)22-16;/h2-3,6-7,12,22H,4-5,8-11,13-14H2,1H3,(H,20,21);1H. The first-order valence-electron chi connectivity index (χ1n) is 8.80. The second kappa shape index (κ2) is 7.33. The van der Waals surface area contributed by atoms with Crippen LogP contribution in [-0.4, -0.2) is 36.0 Å². The maximum atomic E-state index is 4.51. The van der Waals surface area contributed by atoms with Crippen LogP contribution in [0.5, 0.6) is 0 Å². The van der Waals surface area contributed by atoms with E-state index in [2.05, 4.69) is 50.5 Å². The van der Waals surface area contributed by atoms with Gasteiger partial charge in [-0.25, -0.2) is 0 Å². The van der Waals surface area contributed by atoms with Crippen LogP contribution in [0.1, 0.15) is 37.8 Å². The fourth-order valence-electron chi connectivity index (χ4n) is 4.38. The zero-order chi connectivity index (χ0) is 15.7. The Morgan fingerprint density at radius 3 is 2.79 bits per heavy atom. The number of rotatable bonds is 2. The zero-order valence-corrected chi connectivity index (χ0v) is 16.7. The third-order valence-electron chi connectivity index (χ3n) is 5.64. The topological polar surface area (TPSA) is 43.4 Å². The van der Waals surface area contributed by atoms with Gasteiger partial charge in [0.1, 0.15) is 0 Å². The number of aromatic nitrogens is 1. The van der Waals surface area contributed by atoms with E-state index in [-0.39, 0.29) is 24.0 Å². The normalized spacial score (nSPS) is 19.9. The first kappa shape index (κ1) is 17.6. The van der Waals surface area contributed by atoms with E-state index in [1.54, 1.807) is 0 Å². The van der Waals surface area contributed by atoms with Crippen molar-refractivity contribution in [2.45, 2.75) is 38.6 Å². The van der Waals surface area contributed by atoms with Crippen molar-refractivity contribution < 1.29 is 0 Å². The Morgan fingerprint density at radius 1 is 1.25 bits per heavy atom. The molecule has 1 spiro atoms. The van der Waals surface area contributed by atoms with Gasteiger partial charge in [-0.15, -0.1) is 24.0 Å². The molecule has 1 aliphatic carbocycles. The van der Waals surface area contributed by atoms with Gasteiger partial charge in [-0.05, 0) is 42.2 Å². The van der Waals surface area contributed by atoms with Crippen LogP contribution in [0.15, 0.2) is 35.3 Å². The van der Waals surface area contributed by atoms with E-state index < -0.39 is 0 Å². The molecule has 130 valence electrons. The van der Waals surface area contributed by atoms with Crippen LogP contribution < -0.4 is 5.32 Å². The summed E-state index contributed by atoms with van der Waals surface area (Å²) in [5.74, 6) is 1.05. The summed E-state index contributed by atoms with van der Waals surface area (Å²) < 4.78 is 0. The molecule has 0 bridgehead atoms. The molecule has 24 heavy (non-hydrogen) atoms. The summed E-state index contributed by atoms with van der Waals surface area (Å²) >= 11 is 0. The molecule has 2 aromatic rings. The van der Waals surface area contributed by atoms with Gasteiger partial charge in [0.15, 0.2) is 5.96 Å². The van der Waals surface area contributed by atoms with Crippen LogP contribution in [0.4, 0.5) is 0 Å². The van der Waals surface area contributed by atoms with Crippen molar-refractivity contribution in [2.24, 2.45) is 10.4 Å². The van der Waals surface area contributed by atoms with Crippen LogP contribution in [0.3, 0.4) is 0 Å². The number of fused-ring (bicyclic) bond motifs is 1. The van der Waals surface area contributed by atoms with E-state index in [9.17, 15) is 0 Å². The van der Waals surface area contributed by atoms with E-state index in [0.29, 0.717) is 5.41 Å². The Balaban J connectivity index is 0.00000169. The Morgan fingerprint density at radius 2 is 2.04 bits per heavy atom. The summed E-state index contributed by atoms with van der Waals surface area (Å²) in [5, 5.41) is 4.81. The second-order valence-corrected chi connectivity index (χ2v) is 7.16. The van der Waals surface area contributed by atoms with E-state index in [1.165, 1.54) is 55.2 Å². The molecule has 4 nitrogen and oxygen atoms in total. The number of para-hydroxylation sites is 1. The van der Waals surface area contributed by atoms with Crippen molar-refractivity contribution in [2.75, 3.05) is 20.1 Å². The van der Waals surface area contributed by atoms with Crippen LogP contribution in [0.2, 0.25) is 0 Å². The summed E-state index contributed by atoms with van der Waals surface area (Å²) in [6.45, 7) is 3.12. The van der Waals surface area contributed by atoms with Gasteiger partial charge in [-0.3, -0.25) is 4.99 Å². The Labute approximate surface area is 161 Å². The molecule has 0 radical (unpaired) electrons. The van der Waals surface area contributed by atoms with Gasteiger partial charge < -0.3 is 15.2 Å². The molecule has 1 saturated carbocycles. The monoisotopic (exact) mass is 438 g/mol. The van der Waals surface area contributed by atoms with E-state index in [1.807, 2.05) is 7.05 Å². The smallest absolute Gasteiger partial charge is 0.193 e. The highest BCUT2D eigenvalue weighted by Crippen LogP contribution is 2.45. The highest BCUT2D eigenvalue weighted by molar-refractivity contribution is 14.0. The third kappa shape index (κ3) is 3.41. The molecule has 2 aliphatic rings. The van der Waals surface area contributed by atoms with Gasteiger partial charge in [-0.1, -0.05) is 31.0 Å². The number of guanidine groups is 1. The minimum absolute atomic E-state index is 0. The van der Waals surface area contributed by atoms with Gasteiger partial charge in [0.2, 0.25) is 0 Å². The van der Waals surface area contributed by atoms with Crippen molar-refractivity contribution in [1.29, 1.82) is 0 Å². The van der Waals surface area contributed by atoms with Crippen LogP contribution in [0, 0.1) is 5.41 Å². The van der Waals surface area contributed by atoms with Gasteiger partial charge in [0.05, 0.1) is 6.54 Å². The summed E-state index contributed by atoms with van der Waals surface area (Å²) in [7, 11) is 1.90. The average molecular weight is 438 g/mol. The molecular formula is C19H27IN4. The SMILES string of the molecule is CN=C(NCc1cc2ccccc2[nH]1)N1CCC2(CCCC2)C1.I. The van der Waals surface area contributed by atoms with Gasteiger partial charge in [0, 0.05) is 31.3 Å². The number of likely N-dealkylation sites (tertiary alicyclic amines) is 1. The maximum Gasteiger partial charge on any atom is 0.193 e. The first-order valence-corrected chi connectivity index (χ1v) is 8.80. The van der Waals surface area contributed by atoms with E-state index >= 15 is 0 Å². The maximum absolute atomic E-state index is 4.51. The lowest BCUT2D eigenvalue weighted by molar-refractivity contribution is 0.309. The van der Waals surface area contributed by atoms with E-state index in [4.69, 9.17) is 0 Å². The predicted molar refractivity (Wildman–Crippen MR) is 111 cm³/mol. The van der Waals surface area contributed by atoms with Gasteiger partial charge >= 0.3 is 0 Å². The van der Waals surface area contributed by atoms with Gasteiger partial charge in [-0.2, -0.15) is 0 Å². The Kier molecular flexibility index (Phi) is 5.37. The average Bonchev–Trinajstić information content (AvgIpc) is 3.29. The molecule has 1 aromatic carbocycles. The van der Waals surface area contributed by atoms with Crippen LogP contribution in [-0.2, 0) is 6.54 Å². The van der Waals surface area contributed by atoms with Crippen molar-refractivity contribution in [3.8, 4) is 0 Å². The summed E-state index contributed by atoms with van der Waals surface area (Å²) in [5.41, 5.74) is 2.99. The minimum Gasteiger partial charge on any atom is -0.357 e. The number of halogens is 1. The Bertz CT molecular complexity index is 682. The fraction of sp³-hybridized carbons (Fsp3) is 0.526. The molecule has 0 atom stereocenters. The highest BCUT2D eigenvalue weighted by atomic mass is 127. The zero-order valence-electron chi connectivity index (χ0n) is 14.3. The summed E-state index contributed by atoms with van der Waals surface area (Å²) in [6.07, 6.45) is 6.97. The molecule has 0 amide bonds. The summed E-state index contributed by atoms with van der Waals surface area (Å²) in [6, 6.07) is 10.6. The lowest BCUT2D eigenvalue weighted by Crippen LogP contribution is -2.40. The van der Waals surface area contributed by atoms with Crippen molar-refractivity contribution in [3.63, 3.8) is 0 Å². The number of hydrogen-bond donors (Lipinski definition) is 2. The van der Waals surface area contributed by atoms with Gasteiger partial charge in [0.25, 0.3) is 0 Å². The molecule has 0 unspecified atom stereocenters. The number of hydrogen-bond acceptors (Lipinski definition) is 1. The third-order valence-corrected chi connectivity index (χ3v) is 5.64. The Hall–Kier alpha value is -1.24. The largest absolute Gasteiger partial charge is 0.357 e. The molecular weight excluding hydrogens is 411 g/mol. The number of aromatic amines is 1. The molecule has 4 rings (SSSR count). The molecule has 1 saturated heterocycles. The van der Waals surface area contributed by atoms with Crippen LogP contribution in [0.25, 0.3) is 10.9 Å². The quantitative estimate of drug-likeness (QED) is 0.421. The number of H-pyrrole nitrogens is 1. The van der Waals surface area contributed by atoms with Crippen molar-refractivity contribution >= 4 is 40.8 Å². The molecule has 2 fully saturated rings. The van der Waals surface area contributed by atoms with Crippen molar-refractivity contribution in [3.05, 3.63) is 36.0 Å². The summed E-state index contributed by atoms with van der Waals surface area (Å²) in [4.78, 5) is 10.4. The fourth-order valence-corrected chi connectivity index (χ4v) is 4.38. The number of nitrogens with zero attached hydrogens (tertiary/aromatic N) is 2. The minimum atomic E-state index is 0. The highest BCUT2D eigenvalue weighted by Gasteiger charge is 2.41. The van der Waals surface area contributed by atoms with Crippen LogP contribution >= 0.6 is 24.0 Å². The number of benzene rings is 1. The van der Waals surface area contributed by atoms with Crippen molar-refractivity contribution in [1.82, 2.24) is 15.2 Å². The molecule has 5 heteroatoms. The van der Waals surface area contributed by atoms with E-state index in [0.717, 1.165) is 19.0 Å². The first-order chi connectivity index (χ1) is 11.3. The molecule has 2 heterocycles. The number of aliphatic imine (C=N–C) groups is 1. The predicted octanol–water partition coefficient (Wildman–Crippen LogP) is 4.13. The molecule has 2 N–H and O–H groups in total. The molecule has 1 aromatic heterocycles. The lowest BCUT2D eigenvalue weighted by Gasteiger charge is -2.25. The second-order valence-electron chi connectivity index (χ2n) is 7.16. The lowest BCUT2D eigenvalue weighted by atomic mass is 9.86. The number of nitrogens with one attached hydrogen (secondary N) is 2. The molecule has 1 aliphatic heterocycles.